The zero-order valence-electron chi connectivity index (χ0n) is 17.2. The summed E-state index contributed by atoms with van der Waals surface area (Å²) in [5.74, 6) is 0.193. The summed E-state index contributed by atoms with van der Waals surface area (Å²) in [6.07, 6.45) is 0.664. The van der Waals surface area contributed by atoms with Gasteiger partial charge in [-0.3, -0.25) is 14.2 Å². The fourth-order valence-corrected chi connectivity index (χ4v) is 5.27. The van der Waals surface area contributed by atoms with Crippen molar-refractivity contribution in [2.24, 2.45) is 5.41 Å². The summed E-state index contributed by atoms with van der Waals surface area (Å²) in [7, 11) is 0. The molecule has 1 aliphatic carbocycles. The zero-order chi connectivity index (χ0) is 22.3. The van der Waals surface area contributed by atoms with Crippen molar-refractivity contribution in [2.45, 2.75) is 31.6 Å². The van der Waals surface area contributed by atoms with Gasteiger partial charge in [-0.25, -0.2) is 8.78 Å². The minimum absolute atomic E-state index is 0.0446. The van der Waals surface area contributed by atoms with E-state index in [9.17, 15) is 18.4 Å². The summed E-state index contributed by atoms with van der Waals surface area (Å²) in [5, 5.41) is 9.18. The highest BCUT2D eigenvalue weighted by Gasteiger charge is 2.60. The van der Waals surface area contributed by atoms with E-state index in [1.54, 1.807) is 17.0 Å². The first kappa shape index (κ1) is 19.9. The van der Waals surface area contributed by atoms with E-state index in [1.165, 1.54) is 4.90 Å². The van der Waals surface area contributed by atoms with Crippen molar-refractivity contribution in [1.82, 2.24) is 24.6 Å². The first-order valence-electron chi connectivity index (χ1n) is 10.6. The molecule has 4 aliphatic rings. The van der Waals surface area contributed by atoms with E-state index in [0.29, 0.717) is 55.8 Å². The maximum atomic E-state index is 14.1. The summed E-state index contributed by atoms with van der Waals surface area (Å²) in [6, 6.07) is 5.39. The Hall–Kier alpha value is -2.75. The molecule has 1 aromatic carbocycles. The van der Waals surface area contributed by atoms with Crippen LogP contribution in [-0.2, 0) is 22.7 Å². The van der Waals surface area contributed by atoms with Crippen molar-refractivity contribution in [3.05, 3.63) is 34.6 Å². The van der Waals surface area contributed by atoms with E-state index in [-0.39, 0.29) is 24.4 Å². The van der Waals surface area contributed by atoms with Crippen molar-refractivity contribution in [3.63, 3.8) is 0 Å². The van der Waals surface area contributed by atoms with Gasteiger partial charge in [0, 0.05) is 43.2 Å². The first-order chi connectivity index (χ1) is 15.3. The van der Waals surface area contributed by atoms with Gasteiger partial charge in [-0.15, -0.1) is 10.2 Å². The van der Waals surface area contributed by atoms with Gasteiger partial charge in [-0.1, -0.05) is 11.6 Å². The van der Waals surface area contributed by atoms with Gasteiger partial charge in [0.1, 0.15) is 0 Å². The highest BCUT2D eigenvalue weighted by molar-refractivity contribution is 6.30. The molecule has 1 spiro atoms. The molecule has 6 rings (SSSR count). The second kappa shape index (κ2) is 6.63. The zero-order valence-corrected chi connectivity index (χ0v) is 18.0. The lowest BCUT2D eigenvalue weighted by Crippen LogP contribution is -2.74. The molecule has 8 nitrogen and oxygen atoms in total. The van der Waals surface area contributed by atoms with Crippen LogP contribution in [0.3, 0.4) is 0 Å². The molecule has 4 heterocycles. The second-order valence-corrected chi connectivity index (χ2v) is 9.83. The molecule has 11 heteroatoms. The van der Waals surface area contributed by atoms with Gasteiger partial charge in [-0.05, 0) is 36.6 Å². The van der Waals surface area contributed by atoms with E-state index in [4.69, 9.17) is 11.6 Å². The molecular weight excluding hydrogens is 442 g/mol. The van der Waals surface area contributed by atoms with Crippen molar-refractivity contribution in [2.75, 3.05) is 37.8 Å². The Kier molecular flexibility index (Phi) is 4.12. The van der Waals surface area contributed by atoms with Crippen LogP contribution in [0.4, 0.5) is 14.7 Å². The van der Waals surface area contributed by atoms with Crippen LogP contribution >= 0.6 is 11.6 Å². The quantitative estimate of drug-likeness (QED) is 0.696. The van der Waals surface area contributed by atoms with Gasteiger partial charge in [-0.2, -0.15) is 0 Å². The lowest BCUT2D eigenvalue weighted by Gasteiger charge is -2.60. The number of carbonyl (C=O) groups is 2. The van der Waals surface area contributed by atoms with Crippen molar-refractivity contribution in [1.29, 1.82) is 0 Å². The van der Waals surface area contributed by atoms with E-state index < -0.39 is 18.3 Å². The van der Waals surface area contributed by atoms with Crippen LogP contribution in [0.1, 0.15) is 24.2 Å². The fraction of sp³-hybridized carbons (Fsp3) is 0.524. The number of carbonyl (C=O) groups excluding carboxylic acids is 2. The first-order valence-corrected chi connectivity index (χ1v) is 11.0. The van der Waals surface area contributed by atoms with E-state index in [0.717, 1.165) is 11.3 Å². The molecule has 1 saturated carbocycles. The van der Waals surface area contributed by atoms with Crippen LogP contribution in [0.25, 0.3) is 5.69 Å². The third kappa shape index (κ3) is 2.92. The number of hydrogen-bond acceptors (Lipinski definition) is 5. The molecule has 32 heavy (non-hydrogen) atoms. The van der Waals surface area contributed by atoms with Crippen LogP contribution in [0.5, 0.6) is 0 Å². The Morgan fingerprint density at radius 3 is 2.50 bits per heavy atom. The van der Waals surface area contributed by atoms with Gasteiger partial charge < -0.3 is 14.7 Å². The number of hydrogen-bond donors (Lipinski definition) is 0. The number of likely N-dealkylation sites (tertiary alicyclic amines) is 1. The highest BCUT2D eigenvalue weighted by atomic mass is 35.5. The second-order valence-electron chi connectivity index (χ2n) is 9.39. The summed E-state index contributed by atoms with van der Waals surface area (Å²) >= 11 is 6.19. The molecule has 3 fully saturated rings. The molecule has 3 aliphatic heterocycles. The molecule has 1 aromatic heterocycles. The molecule has 0 bridgehead atoms. The van der Waals surface area contributed by atoms with Gasteiger partial charge in [0.25, 0.3) is 11.8 Å². The number of anilines is 1. The summed E-state index contributed by atoms with van der Waals surface area (Å²) in [6.45, 7) is 1.77. The normalized spacial score (nSPS) is 21.9. The van der Waals surface area contributed by atoms with E-state index >= 15 is 0 Å². The largest absolute Gasteiger partial charge is 0.339 e. The van der Waals surface area contributed by atoms with Gasteiger partial charge >= 0.3 is 0 Å². The number of fused-ring (bicyclic) bond motifs is 3. The maximum Gasteiger partial charge on any atom is 0.260 e. The molecule has 2 aromatic rings. The average Bonchev–Trinajstić information content (AvgIpc) is 3.38. The molecule has 168 valence electrons. The monoisotopic (exact) mass is 462 g/mol. The SMILES string of the molecule is O=C(CF)N1Cc2cc(Cl)ccc2-n2c(nnc2N2CC3(CN(C(=O)C4(F)CC4)C3)C2)C1. The molecule has 2 amide bonds. The summed E-state index contributed by atoms with van der Waals surface area (Å²) < 4.78 is 29.1. The Labute approximate surface area is 187 Å². The van der Waals surface area contributed by atoms with Crippen LogP contribution in [0.15, 0.2) is 18.2 Å². The van der Waals surface area contributed by atoms with Crippen molar-refractivity contribution in [3.8, 4) is 5.69 Å². The number of alkyl halides is 2. The van der Waals surface area contributed by atoms with Crippen LogP contribution in [-0.4, -0.2) is 74.9 Å². The fourth-order valence-electron chi connectivity index (χ4n) is 5.07. The van der Waals surface area contributed by atoms with Gasteiger partial charge in [0.2, 0.25) is 5.95 Å². The number of halogens is 3. The summed E-state index contributed by atoms with van der Waals surface area (Å²) in [4.78, 5) is 29.4. The summed E-state index contributed by atoms with van der Waals surface area (Å²) in [5.41, 5.74) is -0.0779. The number of amides is 2. The van der Waals surface area contributed by atoms with Gasteiger partial charge in [0.05, 0.1) is 12.2 Å². The van der Waals surface area contributed by atoms with Crippen molar-refractivity contribution >= 4 is 29.4 Å². The lowest BCUT2D eigenvalue weighted by atomic mass is 9.72. The maximum absolute atomic E-state index is 14.1. The number of nitrogens with zero attached hydrogens (tertiary/aromatic N) is 6. The third-order valence-electron chi connectivity index (χ3n) is 6.90. The molecule has 0 radical (unpaired) electrons. The van der Waals surface area contributed by atoms with Crippen LogP contribution in [0, 0.1) is 5.41 Å². The van der Waals surface area contributed by atoms with Crippen LogP contribution < -0.4 is 4.90 Å². The Morgan fingerprint density at radius 1 is 1.06 bits per heavy atom. The lowest BCUT2D eigenvalue weighted by molar-refractivity contribution is -0.152. The topological polar surface area (TPSA) is 74.6 Å². The van der Waals surface area contributed by atoms with Gasteiger partial charge in [0.15, 0.2) is 18.2 Å². The Bertz CT molecular complexity index is 1140. The molecule has 0 N–H and O–H groups in total. The predicted molar refractivity (Wildman–Crippen MR) is 111 cm³/mol. The minimum Gasteiger partial charge on any atom is -0.339 e. The number of rotatable bonds is 3. The molecule has 0 unspecified atom stereocenters. The predicted octanol–water partition coefficient (Wildman–Crippen LogP) is 1.88. The smallest absolute Gasteiger partial charge is 0.260 e. The van der Waals surface area contributed by atoms with E-state index in [2.05, 4.69) is 15.1 Å². The highest BCUT2D eigenvalue weighted by Crippen LogP contribution is 2.47. The number of aromatic nitrogens is 3. The Morgan fingerprint density at radius 2 is 1.81 bits per heavy atom. The number of benzene rings is 1. The average molecular weight is 463 g/mol. The van der Waals surface area contributed by atoms with Crippen LogP contribution in [0.2, 0.25) is 5.02 Å². The molecule has 0 atom stereocenters. The standard InChI is InChI=1S/C21H21ClF2N6O2/c22-14-1-2-15-13(5-14)7-27(17(31)6-23)8-16-25-26-19(30(15)16)29-11-20(12-29)9-28(10-20)18(32)21(24)3-4-21/h1-2,5H,3-4,6-12H2. The Balaban J connectivity index is 1.25. The van der Waals surface area contributed by atoms with Crippen molar-refractivity contribution < 1.29 is 18.4 Å². The molecule has 2 saturated heterocycles. The third-order valence-corrected chi connectivity index (χ3v) is 7.14. The molecular formula is C21H21ClF2N6O2. The van der Waals surface area contributed by atoms with E-state index in [1.807, 2.05) is 10.6 Å². The minimum atomic E-state index is -1.62.